The first-order valence-electron chi connectivity index (χ1n) is 7.42. The number of hydrogen-bond donors (Lipinski definition) is 0. The monoisotopic (exact) mass is 272 g/mol. The van der Waals surface area contributed by atoms with Crippen molar-refractivity contribution >= 4 is 0 Å². The van der Waals surface area contributed by atoms with Gasteiger partial charge in [0.1, 0.15) is 0 Å². The lowest BCUT2D eigenvalue weighted by molar-refractivity contribution is -0.0838. The first-order chi connectivity index (χ1) is 9.55. The summed E-state index contributed by atoms with van der Waals surface area (Å²) >= 11 is 0. The molecule has 3 nitrogen and oxygen atoms in total. The van der Waals surface area contributed by atoms with Crippen LogP contribution in [0, 0.1) is 11.3 Å². The van der Waals surface area contributed by atoms with Crippen LogP contribution in [0.4, 0.5) is 0 Å². The molecule has 1 saturated heterocycles. The van der Waals surface area contributed by atoms with Crippen molar-refractivity contribution in [2.24, 2.45) is 0 Å². The Labute approximate surface area is 122 Å². The standard InChI is InChI=1S/C17H24N2O/c1-4-19(16-9-10-20-17(2,3)11-16)13-15-8-6-5-7-14(15)12-18/h5-8,16H,4,9-11,13H2,1-3H3. The number of rotatable bonds is 4. The van der Waals surface area contributed by atoms with Crippen molar-refractivity contribution in [1.29, 1.82) is 5.26 Å². The molecular weight excluding hydrogens is 248 g/mol. The van der Waals surface area contributed by atoms with Gasteiger partial charge in [-0.15, -0.1) is 0 Å². The summed E-state index contributed by atoms with van der Waals surface area (Å²) in [5.74, 6) is 0. The molecule has 1 aromatic carbocycles. The third kappa shape index (κ3) is 3.59. The molecule has 0 spiro atoms. The summed E-state index contributed by atoms with van der Waals surface area (Å²) in [7, 11) is 0. The van der Waals surface area contributed by atoms with Crippen LogP contribution in [-0.2, 0) is 11.3 Å². The summed E-state index contributed by atoms with van der Waals surface area (Å²) in [5, 5.41) is 9.21. The second kappa shape index (κ2) is 6.39. The Hall–Kier alpha value is -1.37. The molecule has 2 rings (SSSR count). The highest BCUT2D eigenvalue weighted by Crippen LogP contribution is 2.28. The van der Waals surface area contributed by atoms with Gasteiger partial charge in [-0.3, -0.25) is 4.90 Å². The molecule has 0 amide bonds. The average molecular weight is 272 g/mol. The van der Waals surface area contributed by atoms with Crippen LogP contribution in [0.5, 0.6) is 0 Å². The van der Waals surface area contributed by atoms with E-state index in [1.165, 1.54) is 0 Å². The largest absolute Gasteiger partial charge is 0.375 e. The molecule has 3 heteroatoms. The van der Waals surface area contributed by atoms with Crippen LogP contribution in [0.25, 0.3) is 0 Å². The summed E-state index contributed by atoms with van der Waals surface area (Å²) in [4.78, 5) is 2.47. The van der Waals surface area contributed by atoms with Crippen molar-refractivity contribution in [1.82, 2.24) is 4.90 Å². The van der Waals surface area contributed by atoms with Gasteiger partial charge >= 0.3 is 0 Å². The molecule has 0 bridgehead atoms. The summed E-state index contributed by atoms with van der Waals surface area (Å²) in [5.41, 5.74) is 1.88. The molecule has 0 aliphatic carbocycles. The lowest BCUT2D eigenvalue weighted by Gasteiger charge is -2.41. The van der Waals surface area contributed by atoms with Crippen LogP contribution in [0.1, 0.15) is 44.7 Å². The SMILES string of the molecule is CCN(Cc1ccccc1C#N)C1CCOC(C)(C)C1. The van der Waals surface area contributed by atoms with Gasteiger partial charge in [-0.1, -0.05) is 25.1 Å². The Morgan fingerprint density at radius 1 is 1.40 bits per heavy atom. The van der Waals surface area contributed by atoms with Gasteiger partial charge in [0.15, 0.2) is 0 Å². The van der Waals surface area contributed by atoms with Crippen LogP contribution in [0.3, 0.4) is 0 Å². The van der Waals surface area contributed by atoms with Crippen LogP contribution < -0.4 is 0 Å². The van der Waals surface area contributed by atoms with E-state index in [0.29, 0.717) is 6.04 Å². The van der Waals surface area contributed by atoms with Gasteiger partial charge in [0.2, 0.25) is 0 Å². The molecule has 1 fully saturated rings. The van der Waals surface area contributed by atoms with E-state index in [1.54, 1.807) is 0 Å². The number of nitriles is 1. The van der Waals surface area contributed by atoms with Crippen LogP contribution in [-0.4, -0.2) is 29.7 Å². The summed E-state index contributed by atoms with van der Waals surface area (Å²) < 4.78 is 5.81. The van der Waals surface area contributed by atoms with Gasteiger partial charge < -0.3 is 4.74 Å². The minimum Gasteiger partial charge on any atom is -0.375 e. The third-order valence-corrected chi connectivity index (χ3v) is 4.10. The smallest absolute Gasteiger partial charge is 0.0995 e. The molecule has 1 aromatic rings. The number of hydrogen-bond acceptors (Lipinski definition) is 3. The minimum atomic E-state index is -0.0366. The fourth-order valence-corrected chi connectivity index (χ4v) is 3.00. The number of benzene rings is 1. The van der Waals surface area contributed by atoms with Crippen molar-refractivity contribution in [2.75, 3.05) is 13.2 Å². The fraction of sp³-hybridized carbons (Fsp3) is 0.588. The second-order valence-electron chi connectivity index (χ2n) is 6.09. The van der Waals surface area contributed by atoms with E-state index in [-0.39, 0.29) is 5.60 Å². The van der Waals surface area contributed by atoms with Crippen molar-refractivity contribution in [2.45, 2.75) is 51.8 Å². The molecule has 1 heterocycles. The number of ether oxygens (including phenoxy) is 1. The van der Waals surface area contributed by atoms with Gasteiger partial charge in [-0.05, 0) is 44.9 Å². The van der Waals surface area contributed by atoms with Crippen LogP contribution in [0.2, 0.25) is 0 Å². The first kappa shape index (κ1) is 15.0. The molecule has 0 N–H and O–H groups in total. The Kier molecular flexibility index (Phi) is 4.80. The maximum atomic E-state index is 9.21. The van der Waals surface area contributed by atoms with Gasteiger partial charge in [0.25, 0.3) is 0 Å². The predicted molar refractivity (Wildman–Crippen MR) is 80.3 cm³/mol. The quantitative estimate of drug-likeness (QED) is 0.843. The van der Waals surface area contributed by atoms with Crippen molar-refractivity contribution in [3.8, 4) is 6.07 Å². The van der Waals surface area contributed by atoms with E-state index in [9.17, 15) is 5.26 Å². The normalized spacial score (nSPS) is 21.6. The Balaban J connectivity index is 2.11. The third-order valence-electron chi connectivity index (χ3n) is 4.10. The molecule has 1 aliphatic heterocycles. The fourth-order valence-electron chi connectivity index (χ4n) is 3.00. The minimum absolute atomic E-state index is 0.0366. The van der Waals surface area contributed by atoms with E-state index >= 15 is 0 Å². The highest BCUT2D eigenvalue weighted by atomic mass is 16.5. The molecule has 1 aliphatic rings. The highest BCUT2D eigenvalue weighted by Gasteiger charge is 2.31. The second-order valence-corrected chi connectivity index (χ2v) is 6.09. The van der Waals surface area contributed by atoms with Gasteiger partial charge in [0, 0.05) is 19.2 Å². The Morgan fingerprint density at radius 3 is 2.80 bits per heavy atom. The van der Waals surface area contributed by atoms with Crippen molar-refractivity contribution in [3.63, 3.8) is 0 Å². The van der Waals surface area contributed by atoms with E-state index < -0.39 is 0 Å². The predicted octanol–water partition coefficient (Wildman–Crippen LogP) is 3.34. The lowest BCUT2D eigenvalue weighted by Crippen LogP contribution is -2.45. The zero-order valence-electron chi connectivity index (χ0n) is 12.7. The van der Waals surface area contributed by atoms with E-state index in [2.05, 4.69) is 37.8 Å². The van der Waals surface area contributed by atoms with Crippen LogP contribution in [0.15, 0.2) is 24.3 Å². The molecule has 20 heavy (non-hydrogen) atoms. The molecule has 0 saturated carbocycles. The zero-order chi connectivity index (χ0) is 14.6. The Bertz CT molecular complexity index is 490. The molecule has 0 radical (unpaired) electrons. The maximum absolute atomic E-state index is 9.21. The van der Waals surface area contributed by atoms with Gasteiger partial charge in [-0.25, -0.2) is 0 Å². The average Bonchev–Trinajstić information content (AvgIpc) is 2.44. The Morgan fingerprint density at radius 2 is 2.15 bits per heavy atom. The summed E-state index contributed by atoms with van der Waals surface area (Å²) in [6.07, 6.45) is 2.13. The summed E-state index contributed by atoms with van der Waals surface area (Å²) in [6.45, 7) is 9.19. The molecule has 1 atom stereocenters. The molecule has 1 unspecified atom stereocenters. The first-order valence-corrected chi connectivity index (χ1v) is 7.42. The molecular formula is C17H24N2O. The van der Waals surface area contributed by atoms with Crippen molar-refractivity contribution in [3.05, 3.63) is 35.4 Å². The molecule has 0 aromatic heterocycles. The van der Waals surface area contributed by atoms with Gasteiger partial charge in [0.05, 0.1) is 17.2 Å². The molecule has 108 valence electrons. The topological polar surface area (TPSA) is 36.3 Å². The highest BCUT2D eigenvalue weighted by molar-refractivity contribution is 5.37. The zero-order valence-corrected chi connectivity index (χ0v) is 12.7. The maximum Gasteiger partial charge on any atom is 0.0995 e. The number of nitrogens with zero attached hydrogens (tertiary/aromatic N) is 2. The van der Waals surface area contributed by atoms with E-state index in [1.807, 2.05) is 18.2 Å². The van der Waals surface area contributed by atoms with Crippen LogP contribution >= 0.6 is 0 Å². The van der Waals surface area contributed by atoms with Crippen molar-refractivity contribution < 1.29 is 4.74 Å². The van der Waals surface area contributed by atoms with Gasteiger partial charge in [-0.2, -0.15) is 5.26 Å². The summed E-state index contributed by atoms with van der Waals surface area (Å²) in [6, 6.07) is 10.7. The lowest BCUT2D eigenvalue weighted by atomic mass is 9.92. The van der Waals surface area contributed by atoms with E-state index in [4.69, 9.17) is 4.74 Å². The van der Waals surface area contributed by atoms with E-state index in [0.717, 1.165) is 43.7 Å².